The molecule has 1 aromatic rings. The predicted molar refractivity (Wildman–Crippen MR) is 112 cm³/mol. The normalized spacial score (nSPS) is 20.1. The van der Waals surface area contributed by atoms with E-state index in [0.717, 1.165) is 31.2 Å². The van der Waals surface area contributed by atoms with Gasteiger partial charge >= 0.3 is 6.03 Å². The number of rotatable bonds is 6. The molecular formula is C21H28ClN3O4. The maximum atomic E-state index is 13.2. The van der Waals surface area contributed by atoms with E-state index in [1.807, 2.05) is 6.92 Å². The van der Waals surface area contributed by atoms with E-state index in [2.05, 4.69) is 10.6 Å². The molecule has 7 nitrogen and oxygen atoms in total. The molecule has 29 heavy (non-hydrogen) atoms. The Hall–Kier alpha value is -2.25. The highest BCUT2D eigenvalue weighted by Crippen LogP contribution is 2.34. The summed E-state index contributed by atoms with van der Waals surface area (Å²) in [6, 6.07) is 2.88. The van der Waals surface area contributed by atoms with Crippen LogP contribution in [0.3, 0.4) is 0 Å². The van der Waals surface area contributed by atoms with Crippen molar-refractivity contribution in [2.75, 3.05) is 25.6 Å². The average Bonchev–Trinajstić information content (AvgIpc) is 2.71. The van der Waals surface area contributed by atoms with Gasteiger partial charge in [-0.25, -0.2) is 4.79 Å². The smallest absolute Gasteiger partial charge is 0.321 e. The van der Waals surface area contributed by atoms with Gasteiger partial charge in [0.15, 0.2) is 0 Å². The van der Waals surface area contributed by atoms with Crippen LogP contribution in [-0.4, -0.2) is 48.2 Å². The molecule has 0 radical (unpaired) electrons. The van der Waals surface area contributed by atoms with E-state index >= 15 is 0 Å². The lowest BCUT2D eigenvalue weighted by Crippen LogP contribution is -2.52. The van der Waals surface area contributed by atoms with Crippen LogP contribution in [0.25, 0.3) is 0 Å². The number of nitrogens with zero attached hydrogens (tertiary/aromatic N) is 1. The van der Waals surface area contributed by atoms with Crippen LogP contribution in [0.1, 0.15) is 37.7 Å². The highest BCUT2D eigenvalue weighted by Gasteiger charge is 2.35. The van der Waals surface area contributed by atoms with E-state index in [0.29, 0.717) is 22.0 Å². The van der Waals surface area contributed by atoms with E-state index in [1.165, 1.54) is 11.3 Å². The topological polar surface area (TPSA) is 90.9 Å². The minimum Gasteiger partial charge on any atom is -0.490 e. The number of anilines is 1. The van der Waals surface area contributed by atoms with Crippen LogP contribution in [0.5, 0.6) is 5.75 Å². The number of urea groups is 1. The summed E-state index contributed by atoms with van der Waals surface area (Å²) in [7, 11) is 1.63. The first-order valence-electron chi connectivity index (χ1n) is 10.0. The molecule has 2 aliphatic rings. The number of halogens is 1. The molecule has 1 fully saturated rings. The van der Waals surface area contributed by atoms with Gasteiger partial charge in [-0.2, -0.15) is 0 Å². The molecule has 1 aromatic carbocycles. The molecule has 0 bridgehead atoms. The highest BCUT2D eigenvalue weighted by atomic mass is 35.5. The van der Waals surface area contributed by atoms with Crippen molar-refractivity contribution < 1.29 is 19.4 Å². The van der Waals surface area contributed by atoms with Gasteiger partial charge in [0, 0.05) is 25.0 Å². The van der Waals surface area contributed by atoms with E-state index < -0.39 is 0 Å². The van der Waals surface area contributed by atoms with Crippen molar-refractivity contribution in [3.63, 3.8) is 0 Å². The number of aliphatic hydroxyl groups excluding tert-OH is 1. The molecule has 1 aliphatic heterocycles. The number of carbonyl (C=O) groups excluding carboxylic acids is 2. The molecule has 1 saturated carbocycles. The van der Waals surface area contributed by atoms with Crippen LogP contribution < -0.4 is 15.4 Å². The summed E-state index contributed by atoms with van der Waals surface area (Å²) in [5.74, 6) is 0.396. The Labute approximate surface area is 176 Å². The number of carbonyl (C=O) groups is 2. The molecule has 1 atom stereocenters. The monoisotopic (exact) mass is 421 g/mol. The van der Waals surface area contributed by atoms with Crippen molar-refractivity contribution in [3.8, 4) is 5.75 Å². The quantitative estimate of drug-likeness (QED) is 0.656. The van der Waals surface area contributed by atoms with Gasteiger partial charge in [0.25, 0.3) is 5.91 Å². The largest absolute Gasteiger partial charge is 0.490 e. The van der Waals surface area contributed by atoms with E-state index in [9.17, 15) is 9.59 Å². The van der Waals surface area contributed by atoms with Gasteiger partial charge in [0.05, 0.1) is 23.2 Å². The van der Waals surface area contributed by atoms with E-state index in [4.69, 9.17) is 21.4 Å². The molecule has 1 heterocycles. The van der Waals surface area contributed by atoms with Crippen molar-refractivity contribution in [2.24, 2.45) is 5.92 Å². The lowest BCUT2D eigenvalue weighted by atomic mass is 9.80. The van der Waals surface area contributed by atoms with Crippen molar-refractivity contribution in [1.29, 1.82) is 0 Å². The fraction of sp³-hybridized carbons (Fsp3) is 0.524. The minimum absolute atomic E-state index is 0.113. The molecule has 1 aliphatic carbocycles. The van der Waals surface area contributed by atoms with Crippen molar-refractivity contribution in [3.05, 3.63) is 34.5 Å². The molecule has 3 amide bonds. The Morgan fingerprint density at radius 1 is 1.34 bits per heavy atom. The van der Waals surface area contributed by atoms with E-state index in [-0.39, 0.29) is 37.1 Å². The Balaban J connectivity index is 1.83. The molecule has 0 unspecified atom stereocenters. The summed E-state index contributed by atoms with van der Waals surface area (Å²) in [6.45, 7) is 1.83. The van der Waals surface area contributed by atoms with Crippen LogP contribution in [0, 0.1) is 12.8 Å². The third-order valence-electron chi connectivity index (χ3n) is 5.53. The summed E-state index contributed by atoms with van der Waals surface area (Å²) >= 11 is 6.20. The zero-order valence-corrected chi connectivity index (χ0v) is 17.6. The van der Waals surface area contributed by atoms with Gasteiger partial charge in [-0.1, -0.05) is 30.9 Å². The van der Waals surface area contributed by atoms with Crippen LogP contribution in [0.15, 0.2) is 23.9 Å². The molecule has 0 spiro atoms. The molecule has 3 rings (SSSR count). The Bertz CT molecular complexity index is 805. The zero-order chi connectivity index (χ0) is 21.0. The molecular weight excluding hydrogens is 394 g/mol. The van der Waals surface area contributed by atoms with Crippen LogP contribution in [0.2, 0.25) is 5.02 Å². The molecule has 0 saturated heterocycles. The molecule has 0 aromatic heterocycles. The Morgan fingerprint density at radius 2 is 2.07 bits per heavy atom. The van der Waals surface area contributed by atoms with Crippen molar-refractivity contribution >= 4 is 29.2 Å². The lowest BCUT2D eigenvalue weighted by Gasteiger charge is -2.36. The number of ether oxygens (including phenoxy) is 1. The third kappa shape index (κ3) is 5.03. The number of amides is 3. The SMILES string of the molecule is Cc1cc(Cl)c(OCCO)cc1NC(=O)C1=CN(C)C(=O)N[C@H]1C1CCCCC1. The maximum absolute atomic E-state index is 13.2. The second kappa shape index (κ2) is 9.50. The van der Waals surface area contributed by atoms with Gasteiger partial charge in [-0.05, 0) is 37.3 Å². The van der Waals surface area contributed by atoms with Crippen molar-refractivity contribution in [2.45, 2.75) is 45.1 Å². The first-order valence-corrected chi connectivity index (χ1v) is 10.4. The summed E-state index contributed by atoms with van der Waals surface area (Å²) in [5, 5.41) is 15.3. The number of hydrogen-bond acceptors (Lipinski definition) is 4. The summed E-state index contributed by atoms with van der Waals surface area (Å²) in [6.07, 6.45) is 7.05. The third-order valence-corrected chi connectivity index (χ3v) is 5.82. The maximum Gasteiger partial charge on any atom is 0.321 e. The fourth-order valence-electron chi connectivity index (χ4n) is 3.95. The number of nitrogens with one attached hydrogen (secondary N) is 2. The number of hydrogen-bond donors (Lipinski definition) is 3. The molecule has 158 valence electrons. The summed E-state index contributed by atoms with van der Waals surface area (Å²) in [5.41, 5.74) is 1.92. The van der Waals surface area contributed by atoms with Gasteiger partial charge in [-0.15, -0.1) is 0 Å². The molecule has 3 N–H and O–H groups in total. The van der Waals surface area contributed by atoms with Gasteiger partial charge in [0.1, 0.15) is 12.4 Å². The van der Waals surface area contributed by atoms with Gasteiger partial charge in [-0.3, -0.25) is 4.79 Å². The first kappa shape index (κ1) is 21.5. The highest BCUT2D eigenvalue weighted by molar-refractivity contribution is 6.32. The predicted octanol–water partition coefficient (Wildman–Crippen LogP) is 3.45. The number of aliphatic hydroxyl groups is 1. The minimum atomic E-state index is -0.295. The second-order valence-corrected chi connectivity index (χ2v) is 8.05. The summed E-state index contributed by atoms with van der Waals surface area (Å²) in [4.78, 5) is 26.8. The standard InChI is InChI=1S/C21H28ClN3O4/c1-13-10-16(22)18(29-9-8-26)11-17(13)23-20(27)15-12-25(2)21(28)24-19(15)14-6-4-3-5-7-14/h10-12,14,19,26H,3-9H2,1-2H3,(H,23,27)(H,24,28)/t19-/m0/s1. The molecule has 8 heteroatoms. The first-order chi connectivity index (χ1) is 13.9. The fourth-order valence-corrected chi connectivity index (χ4v) is 4.22. The summed E-state index contributed by atoms with van der Waals surface area (Å²) < 4.78 is 5.44. The second-order valence-electron chi connectivity index (χ2n) is 7.64. The van der Waals surface area contributed by atoms with Crippen molar-refractivity contribution in [1.82, 2.24) is 10.2 Å². The Kier molecular flexibility index (Phi) is 7.03. The van der Waals surface area contributed by atoms with Crippen LogP contribution in [0.4, 0.5) is 10.5 Å². The average molecular weight is 422 g/mol. The van der Waals surface area contributed by atoms with Crippen LogP contribution >= 0.6 is 11.6 Å². The Morgan fingerprint density at radius 3 is 2.76 bits per heavy atom. The lowest BCUT2D eigenvalue weighted by molar-refractivity contribution is -0.113. The zero-order valence-electron chi connectivity index (χ0n) is 16.8. The van der Waals surface area contributed by atoms with E-state index in [1.54, 1.807) is 25.4 Å². The number of aryl methyl sites for hydroxylation is 1. The number of benzene rings is 1. The van der Waals surface area contributed by atoms with Gasteiger partial charge in [0.2, 0.25) is 0 Å². The van der Waals surface area contributed by atoms with Gasteiger partial charge < -0.3 is 25.4 Å². The van der Waals surface area contributed by atoms with Crippen LogP contribution in [-0.2, 0) is 4.79 Å².